The zero-order valence-corrected chi connectivity index (χ0v) is 20.6. The maximum atomic E-state index is 6.51. The highest BCUT2D eigenvalue weighted by Crippen LogP contribution is 2.48. The van der Waals surface area contributed by atoms with E-state index in [1.165, 1.54) is 12.8 Å². The van der Waals surface area contributed by atoms with Crippen molar-refractivity contribution in [3.63, 3.8) is 0 Å². The summed E-state index contributed by atoms with van der Waals surface area (Å²) >= 11 is 0. The van der Waals surface area contributed by atoms with E-state index in [0.717, 1.165) is 64.8 Å². The summed E-state index contributed by atoms with van der Waals surface area (Å²) in [6, 6.07) is 22.3. The molecule has 5 rings (SSSR count). The van der Waals surface area contributed by atoms with E-state index < -0.39 is 0 Å². The van der Waals surface area contributed by atoms with Crippen LogP contribution in [0, 0.1) is 0 Å². The third kappa shape index (κ3) is 4.78. The quantitative estimate of drug-likeness (QED) is 0.332. The molecule has 35 heavy (non-hydrogen) atoms. The molecule has 2 aliphatic heterocycles. The zero-order chi connectivity index (χ0) is 24.2. The largest absolute Gasteiger partial charge is 0.497 e. The summed E-state index contributed by atoms with van der Waals surface area (Å²) in [6.07, 6.45) is 3.90. The minimum absolute atomic E-state index is 0.0564. The molecule has 0 fully saturated rings. The van der Waals surface area contributed by atoms with Crippen molar-refractivity contribution >= 4 is 5.71 Å². The first-order valence-corrected chi connectivity index (χ1v) is 12.3. The van der Waals surface area contributed by atoms with Crippen molar-refractivity contribution in [1.29, 1.82) is 0 Å². The first-order valence-electron chi connectivity index (χ1n) is 12.3. The Labute approximate surface area is 207 Å². The van der Waals surface area contributed by atoms with Gasteiger partial charge in [-0.05, 0) is 78.7 Å². The Morgan fingerprint density at radius 1 is 0.886 bits per heavy atom. The molecule has 0 N–H and O–H groups in total. The van der Waals surface area contributed by atoms with Gasteiger partial charge in [0.15, 0.2) is 0 Å². The molecular weight excluding hydrogens is 440 g/mol. The average Bonchev–Trinajstić information content (AvgIpc) is 3.37. The SMILES string of the molecule is CCCCCOc1ccc([C@@H]2Oc3ccc(OC)cc3[C@H]3CC(c4ccc(OC)cc4)=NN32)cc1. The zero-order valence-electron chi connectivity index (χ0n) is 20.6. The van der Waals surface area contributed by atoms with E-state index in [1.807, 2.05) is 36.4 Å². The van der Waals surface area contributed by atoms with Crippen molar-refractivity contribution in [2.24, 2.45) is 5.10 Å². The minimum atomic E-state index is -0.328. The van der Waals surface area contributed by atoms with Gasteiger partial charge in [0.1, 0.15) is 23.0 Å². The Balaban J connectivity index is 1.44. The molecule has 0 saturated heterocycles. The number of unbranched alkanes of at least 4 members (excludes halogenated alkanes) is 2. The summed E-state index contributed by atoms with van der Waals surface area (Å²) in [5, 5.41) is 7.13. The van der Waals surface area contributed by atoms with Crippen molar-refractivity contribution in [2.45, 2.75) is 44.9 Å². The number of hydrazone groups is 1. The summed E-state index contributed by atoms with van der Waals surface area (Å²) in [4.78, 5) is 0. The molecule has 0 saturated carbocycles. The smallest absolute Gasteiger partial charge is 0.213 e. The monoisotopic (exact) mass is 472 g/mol. The Morgan fingerprint density at radius 3 is 2.31 bits per heavy atom. The van der Waals surface area contributed by atoms with Gasteiger partial charge >= 0.3 is 0 Å². The maximum Gasteiger partial charge on any atom is 0.213 e. The lowest BCUT2D eigenvalue weighted by molar-refractivity contribution is -0.0191. The van der Waals surface area contributed by atoms with Crippen LogP contribution < -0.4 is 18.9 Å². The van der Waals surface area contributed by atoms with Crippen LogP contribution in [0.15, 0.2) is 71.8 Å². The van der Waals surface area contributed by atoms with Crippen LogP contribution in [0.1, 0.15) is 61.6 Å². The third-order valence-corrected chi connectivity index (χ3v) is 6.60. The lowest BCUT2D eigenvalue weighted by Crippen LogP contribution is -2.33. The van der Waals surface area contributed by atoms with Crippen LogP contribution in [-0.2, 0) is 0 Å². The number of ether oxygens (including phenoxy) is 4. The molecule has 0 aliphatic carbocycles. The van der Waals surface area contributed by atoms with E-state index in [9.17, 15) is 0 Å². The molecule has 2 heterocycles. The fourth-order valence-electron chi connectivity index (χ4n) is 4.64. The fraction of sp³-hybridized carbons (Fsp3) is 0.345. The summed E-state index contributed by atoms with van der Waals surface area (Å²) in [6.45, 7) is 2.94. The highest BCUT2D eigenvalue weighted by Gasteiger charge is 2.41. The van der Waals surface area contributed by atoms with Crippen molar-refractivity contribution < 1.29 is 18.9 Å². The highest BCUT2D eigenvalue weighted by molar-refractivity contribution is 6.02. The molecule has 0 aromatic heterocycles. The van der Waals surface area contributed by atoms with Gasteiger partial charge in [0.25, 0.3) is 0 Å². The Morgan fingerprint density at radius 2 is 1.60 bits per heavy atom. The van der Waals surface area contributed by atoms with Crippen molar-refractivity contribution in [2.75, 3.05) is 20.8 Å². The molecule has 0 radical (unpaired) electrons. The summed E-state index contributed by atoms with van der Waals surface area (Å²) in [5.41, 5.74) is 4.23. The van der Waals surface area contributed by atoms with Gasteiger partial charge in [0.05, 0.1) is 32.6 Å². The van der Waals surface area contributed by atoms with E-state index in [0.29, 0.717) is 0 Å². The molecule has 3 aromatic carbocycles. The van der Waals surface area contributed by atoms with Crippen molar-refractivity contribution in [3.8, 4) is 23.0 Å². The molecular formula is C29H32N2O4. The average molecular weight is 473 g/mol. The third-order valence-electron chi connectivity index (χ3n) is 6.60. The van der Waals surface area contributed by atoms with Crippen LogP contribution >= 0.6 is 0 Å². The summed E-state index contributed by atoms with van der Waals surface area (Å²) in [5.74, 6) is 3.39. The van der Waals surface area contributed by atoms with E-state index in [4.69, 9.17) is 24.0 Å². The van der Waals surface area contributed by atoms with Crippen molar-refractivity contribution in [3.05, 3.63) is 83.4 Å². The molecule has 0 spiro atoms. The van der Waals surface area contributed by atoms with E-state index in [1.54, 1.807) is 14.2 Å². The molecule has 0 amide bonds. The van der Waals surface area contributed by atoms with Gasteiger partial charge in [-0.15, -0.1) is 0 Å². The number of methoxy groups -OCH3 is 2. The summed E-state index contributed by atoms with van der Waals surface area (Å²) < 4.78 is 23.2. The lowest BCUT2D eigenvalue weighted by Gasteiger charge is -2.38. The molecule has 6 nitrogen and oxygen atoms in total. The van der Waals surface area contributed by atoms with Crippen LogP contribution in [0.25, 0.3) is 0 Å². The molecule has 2 atom stereocenters. The van der Waals surface area contributed by atoms with Gasteiger partial charge in [-0.2, -0.15) is 5.10 Å². The second-order valence-corrected chi connectivity index (χ2v) is 8.87. The molecule has 3 aromatic rings. The number of hydrogen-bond donors (Lipinski definition) is 0. The molecule has 6 heteroatoms. The number of nitrogens with zero attached hydrogens (tertiary/aromatic N) is 2. The highest BCUT2D eigenvalue weighted by atomic mass is 16.5. The van der Waals surface area contributed by atoms with Gasteiger partial charge in [0, 0.05) is 17.5 Å². The first-order chi connectivity index (χ1) is 17.2. The summed E-state index contributed by atoms with van der Waals surface area (Å²) in [7, 11) is 3.36. The Hall–Kier alpha value is -3.67. The van der Waals surface area contributed by atoms with Crippen LogP contribution in [0.3, 0.4) is 0 Å². The number of hydrogen-bond acceptors (Lipinski definition) is 6. The molecule has 0 unspecified atom stereocenters. The predicted octanol–water partition coefficient (Wildman–Crippen LogP) is 6.52. The predicted molar refractivity (Wildman–Crippen MR) is 137 cm³/mol. The van der Waals surface area contributed by atoms with E-state index >= 15 is 0 Å². The van der Waals surface area contributed by atoms with Crippen LogP contribution in [-0.4, -0.2) is 31.5 Å². The van der Waals surface area contributed by atoms with Crippen LogP contribution in [0.5, 0.6) is 23.0 Å². The lowest BCUT2D eigenvalue weighted by atomic mass is 9.95. The van der Waals surface area contributed by atoms with Gasteiger partial charge < -0.3 is 18.9 Å². The maximum absolute atomic E-state index is 6.51. The first kappa shape index (κ1) is 23.1. The van der Waals surface area contributed by atoms with Gasteiger partial charge in [0.2, 0.25) is 6.23 Å². The Kier molecular flexibility index (Phi) is 6.80. The topological polar surface area (TPSA) is 52.5 Å². The Bertz CT molecular complexity index is 1170. The van der Waals surface area contributed by atoms with Gasteiger partial charge in [-0.25, -0.2) is 5.01 Å². The minimum Gasteiger partial charge on any atom is -0.497 e. The number of benzene rings is 3. The van der Waals surface area contributed by atoms with E-state index in [-0.39, 0.29) is 12.3 Å². The second-order valence-electron chi connectivity index (χ2n) is 8.87. The standard InChI is InChI=1S/C29H32N2O4/c1-4-5-6-17-34-23-13-9-21(10-14-23)29-31-27(25-18-24(33-3)15-16-28(25)35-29)19-26(30-31)20-7-11-22(32-2)12-8-20/h7-16,18,27,29H,4-6,17,19H2,1-3H3/t27-,29+/m1/s1. The van der Waals surface area contributed by atoms with E-state index in [2.05, 4.69) is 42.3 Å². The van der Waals surface area contributed by atoms with Crippen molar-refractivity contribution in [1.82, 2.24) is 5.01 Å². The van der Waals surface area contributed by atoms with Gasteiger partial charge in [-0.1, -0.05) is 19.8 Å². The number of rotatable bonds is 9. The normalized spacial score (nSPS) is 18.3. The number of fused-ring (bicyclic) bond motifs is 3. The molecule has 0 bridgehead atoms. The van der Waals surface area contributed by atoms with Crippen LogP contribution in [0.4, 0.5) is 0 Å². The fourth-order valence-corrected chi connectivity index (χ4v) is 4.64. The van der Waals surface area contributed by atoms with Gasteiger partial charge in [-0.3, -0.25) is 0 Å². The molecule has 182 valence electrons. The second kappa shape index (κ2) is 10.3. The van der Waals surface area contributed by atoms with Crippen LogP contribution in [0.2, 0.25) is 0 Å². The molecule has 2 aliphatic rings.